The van der Waals surface area contributed by atoms with Crippen LogP contribution in [0.5, 0.6) is 0 Å². The van der Waals surface area contributed by atoms with Crippen molar-refractivity contribution in [1.82, 2.24) is 20.9 Å². The van der Waals surface area contributed by atoms with E-state index < -0.39 is 58.9 Å². The molecule has 0 bridgehead atoms. The number of ether oxygens (including phenoxy) is 1. The molecule has 6 N–H and O–H groups in total. The van der Waals surface area contributed by atoms with E-state index in [4.69, 9.17) is 10.5 Å². The number of amides is 4. The number of rotatable bonds is 17. The van der Waals surface area contributed by atoms with Gasteiger partial charge in [0.15, 0.2) is 5.78 Å². The molecule has 0 spiro atoms. The second kappa shape index (κ2) is 20.6. The predicted molar refractivity (Wildman–Crippen MR) is 218 cm³/mol. The summed E-state index contributed by atoms with van der Waals surface area (Å²) in [5.41, 5.74) is 4.27. The van der Waals surface area contributed by atoms with Gasteiger partial charge in [-0.3, -0.25) is 29.5 Å². The number of carbonyl (C=O) groups is 5. The fraction of sp³-hybridized carbons (Fsp3) is 0.610. The van der Waals surface area contributed by atoms with Crippen molar-refractivity contribution in [2.45, 2.75) is 133 Å². The van der Waals surface area contributed by atoms with E-state index >= 15 is 0 Å². The summed E-state index contributed by atoms with van der Waals surface area (Å²) < 4.78 is 5.19. The van der Waals surface area contributed by atoms with Gasteiger partial charge in [0, 0.05) is 36.1 Å². The zero-order chi connectivity index (χ0) is 40.2. The highest BCUT2D eigenvalue weighted by Crippen LogP contribution is 2.36. The van der Waals surface area contributed by atoms with Gasteiger partial charge in [-0.05, 0) is 63.1 Å². The van der Waals surface area contributed by atoms with Crippen LogP contribution in [0.3, 0.4) is 0 Å². The number of carbonyl (C=O) groups excluding carboxylic acids is 5. The number of Topliss-reactive ketones (excluding diaryl/α,β-unsaturated/α-hetero) is 1. The number of nitrogens with one attached hydrogen (secondary N) is 3. The first-order valence-corrected chi connectivity index (χ1v) is 21.6. The molecule has 1 aromatic carbocycles. The summed E-state index contributed by atoms with van der Waals surface area (Å²) in [6.07, 6.45) is 7.13. The third-order valence-corrected chi connectivity index (χ3v) is 13.4. The Morgan fingerprint density at radius 3 is 2.25 bits per heavy atom. The van der Waals surface area contributed by atoms with Crippen LogP contribution in [0.1, 0.15) is 119 Å². The Morgan fingerprint density at radius 1 is 0.982 bits per heavy atom. The standard InChI is InChI=1S/C41H59N5O7S2/c1-6-26(2)32(42)36(50)45-35(49)31-20-18-29(25-43-31)34(48)41(23-28-15-11-8-12-16-28,24-30(47)19-17-27-13-9-7-10-14-27)46-37(51)33(38-54-21-22-55-38)44-39(52)53-40(3,4)5/h8,11-12,15-16,18,20,25-27,30,32-33,38,47H,6-7,9-10,13-14,17,19,21-24,42H2,1-5H3,(H,44,52)(H,46,51)(H,45,49,50)/t26-,30-,32-,33+,41-/m0/s1. The highest BCUT2D eigenvalue weighted by Gasteiger charge is 2.45. The van der Waals surface area contributed by atoms with Crippen LogP contribution in [0.25, 0.3) is 0 Å². The average Bonchev–Trinajstić information content (AvgIpc) is 3.70. The Kier molecular flexibility index (Phi) is 16.6. The first kappa shape index (κ1) is 44.3. The molecular weight excluding hydrogens is 739 g/mol. The van der Waals surface area contributed by atoms with Gasteiger partial charge in [-0.1, -0.05) is 82.7 Å². The molecule has 14 heteroatoms. The van der Waals surface area contributed by atoms with Gasteiger partial charge in [-0.25, -0.2) is 4.79 Å². The maximum Gasteiger partial charge on any atom is 0.408 e. The number of imide groups is 1. The first-order valence-electron chi connectivity index (χ1n) is 19.5. The quantitative estimate of drug-likeness (QED) is 0.122. The van der Waals surface area contributed by atoms with Crippen LogP contribution in [0.2, 0.25) is 0 Å². The number of aliphatic hydroxyl groups excluding tert-OH is 1. The van der Waals surface area contributed by atoms with Crippen LogP contribution in [-0.4, -0.2) is 85.1 Å². The normalized spacial score (nSPS) is 18.6. The van der Waals surface area contributed by atoms with Gasteiger partial charge in [0.05, 0.1) is 16.7 Å². The summed E-state index contributed by atoms with van der Waals surface area (Å²) in [5, 5.41) is 19.9. The number of hydrogen-bond acceptors (Lipinski definition) is 11. The molecule has 2 heterocycles. The number of pyridine rings is 1. The van der Waals surface area contributed by atoms with E-state index in [1.807, 2.05) is 44.2 Å². The number of thioether (sulfide) groups is 2. The van der Waals surface area contributed by atoms with Crippen LogP contribution >= 0.6 is 23.5 Å². The number of aliphatic hydroxyl groups is 1. The fourth-order valence-corrected chi connectivity index (χ4v) is 10.00. The molecule has 1 aromatic heterocycles. The smallest absolute Gasteiger partial charge is 0.408 e. The second-order valence-corrected chi connectivity index (χ2v) is 18.7. The topological polar surface area (TPSA) is 190 Å². The van der Waals surface area contributed by atoms with Gasteiger partial charge < -0.3 is 26.2 Å². The Hall–Kier alpha value is -3.46. The van der Waals surface area contributed by atoms with Crippen molar-refractivity contribution < 1.29 is 33.8 Å². The highest BCUT2D eigenvalue weighted by atomic mass is 32.2. The molecule has 1 saturated carbocycles. The lowest BCUT2D eigenvalue weighted by Crippen LogP contribution is -2.63. The van der Waals surface area contributed by atoms with Crippen LogP contribution in [0.15, 0.2) is 48.7 Å². The average molecular weight is 798 g/mol. The lowest BCUT2D eigenvalue weighted by Gasteiger charge is -2.37. The Labute approximate surface area is 334 Å². The molecule has 2 fully saturated rings. The largest absolute Gasteiger partial charge is 0.444 e. The van der Waals surface area contributed by atoms with E-state index in [0.717, 1.165) is 49.2 Å². The molecule has 0 radical (unpaired) electrons. The van der Waals surface area contributed by atoms with E-state index in [9.17, 15) is 29.1 Å². The maximum absolute atomic E-state index is 15.0. The summed E-state index contributed by atoms with van der Waals surface area (Å²) in [6, 6.07) is 10.1. The third kappa shape index (κ3) is 13.3. The molecule has 1 aliphatic carbocycles. The van der Waals surface area contributed by atoms with Gasteiger partial charge in [0.1, 0.15) is 22.9 Å². The molecule has 5 atom stereocenters. The minimum Gasteiger partial charge on any atom is -0.444 e. The third-order valence-electron chi connectivity index (χ3n) is 10.3. The van der Waals surface area contributed by atoms with E-state index in [0.29, 0.717) is 18.8 Å². The van der Waals surface area contributed by atoms with Crippen molar-refractivity contribution in [3.63, 3.8) is 0 Å². The summed E-state index contributed by atoms with van der Waals surface area (Å²) in [7, 11) is 0. The number of hydrogen-bond donors (Lipinski definition) is 5. The molecular formula is C41H59N5O7S2. The molecule has 55 heavy (non-hydrogen) atoms. The van der Waals surface area contributed by atoms with Crippen molar-refractivity contribution >= 4 is 53.1 Å². The van der Waals surface area contributed by atoms with Crippen molar-refractivity contribution in [1.29, 1.82) is 0 Å². The Balaban J connectivity index is 1.70. The molecule has 1 saturated heterocycles. The van der Waals surface area contributed by atoms with Gasteiger partial charge in [0.25, 0.3) is 5.91 Å². The van der Waals surface area contributed by atoms with Gasteiger partial charge in [-0.2, -0.15) is 0 Å². The minimum atomic E-state index is -1.68. The number of nitrogens with two attached hydrogens (primary N) is 1. The van der Waals surface area contributed by atoms with Crippen LogP contribution in [0.4, 0.5) is 4.79 Å². The molecule has 0 unspecified atom stereocenters. The lowest BCUT2D eigenvalue weighted by atomic mass is 9.77. The number of aromatic nitrogens is 1. The number of alkyl carbamates (subject to hydrolysis) is 1. The van der Waals surface area contributed by atoms with Crippen LogP contribution in [-0.2, 0) is 20.7 Å². The molecule has 4 rings (SSSR count). The summed E-state index contributed by atoms with van der Waals surface area (Å²) >= 11 is 3.08. The van der Waals surface area contributed by atoms with Crippen LogP contribution < -0.4 is 21.7 Å². The Morgan fingerprint density at radius 2 is 1.65 bits per heavy atom. The van der Waals surface area contributed by atoms with Gasteiger partial charge in [0.2, 0.25) is 11.8 Å². The molecule has 12 nitrogen and oxygen atoms in total. The second-order valence-electron chi connectivity index (χ2n) is 15.9. The molecule has 2 aliphatic rings. The van der Waals surface area contributed by atoms with Crippen molar-refractivity contribution in [2.24, 2.45) is 17.6 Å². The summed E-state index contributed by atoms with van der Waals surface area (Å²) in [6.45, 7) is 8.93. The summed E-state index contributed by atoms with van der Waals surface area (Å²) in [4.78, 5) is 72.5. The van der Waals surface area contributed by atoms with Crippen molar-refractivity contribution in [3.05, 3.63) is 65.5 Å². The minimum absolute atomic E-state index is 0.0350. The van der Waals surface area contributed by atoms with Crippen molar-refractivity contribution in [3.8, 4) is 0 Å². The van der Waals surface area contributed by atoms with E-state index in [1.54, 1.807) is 44.3 Å². The SMILES string of the molecule is CC[C@H](C)[C@H](N)C(=O)NC(=O)c1ccc(C(=O)[C@](Cc2ccccc2)(C[C@@H](O)CCC2CCCCC2)NC(=O)[C@@H](NC(=O)OC(C)(C)C)C2SCCS2)cn1. The fourth-order valence-electron chi connectivity index (χ4n) is 7.03. The zero-order valence-electron chi connectivity index (χ0n) is 32.8. The van der Waals surface area contributed by atoms with Gasteiger partial charge >= 0.3 is 6.09 Å². The van der Waals surface area contributed by atoms with Gasteiger partial charge in [-0.15, -0.1) is 23.5 Å². The Bertz CT molecular complexity index is 1590. The van der Waals surface area contributed by atoms with E-state index in [-0.39, 0.29) is 34.6 Å². The number of benzene rings is 1. The first-order chi connectivity index (χ1) is 26.1. The van der Waals surface area contributed by atoms with E-state index in [1.165, 1.54) is 24.8 Å². The highest BCUT2D eigenvalue weighted by molar-refractivity contribution is 8.20. The lowest BCUT2D eigenvalue weighted by molar-refractivity contribution is -0.125. The monoisotopic (exact) mass is 797 g/mol. The van der Waals surface area contributed by atoms with Crippen LogP contribution in [0, 0.1) is 11.8 Å². The molecule has 302 valence electrons. The molecule has 4 amide bonds. The number of nitrogens with zero attached hydrogens (tertiary/aromatic N) is 1. The van der Waals surface area contributed by atoms with E-state index in [2.05, 4.69) is 20.9 Å². The zero-order valence-corrected chi connectivity index (χ0v) is 34.4. The van der Waals surface area contributed by atoms with Crippen molar-refractivity contribution in [2.75, 3.05) is 11.5 Å². The molecule has 1 aliphatic heterocycles. The maximum atomic E-state index is 15.0. The number of ketones is 1. The summed E-state index contributed by atoms with van der Waals surface area (Å²) in [5.74, 6) is -0.566. The predicted octanol–water partition coefficient (Wildman–Crippen LogP) is 5.80. The molecule has 2 aromatic rings.